The van der Waals surface area contributed by atoms with E-state index >= 15 is 0 Å². The molecule has 1 aliphatic carbocycles. The molecule has 0 atom stereocenters. The van der Waals surface area contributed by atoms with E-state index in [1.165, 1.54) is 0 Å². The first-order chi connectivity index (χ1) is 6.99. The van der Waals surface area contributed by atoms with Crippen molar-refractivity contribution in [3.05, 3.63) is 23.8 Å². The Morgan fingerprint density at radius 2 is 2.07 bits per heavy atom. The van der Waals surface area contributed by atoms with Gasteiger partial charge in [-0.25, -0.2) is 8.42 Å². The van der Waals surface area contributed by atoms with Crippen LogP contribution in [0.15, 0.2) is 18.2 Å². The third-order valence-electron chi connectivity index (χ3n) is 2.48. The summed E-state index contributed by atoms with van der Waals surface area (Å²) < 4.78 is 25.9. The van der Waals surface area contributed by atoms with Gasteiger partial charge in [-0.3, -0.25) is 4.72 Å². The molecule has 0 heterocycles. The van der Waals surface area contributed by atoms with E-state index in [4.69, 9.17) is 5.73 Å². The first kappa shape index (κ1) is 10.3. The molecule has 0 bridgehead atoms. The van der Waals surface area contributed by atoms with Crippen LogP contribution in [-0.4, -0.2) is 13.7 Å². The number of rotatable bonds is 3. The molecule has 1 aliphatic rings. The van der Waals surface area contributed by atoms with Crippen LogP contribution in [0, 0.1) is 6.92 Å². The van der Waals surface area contributed by atoms with Crippen LogP contribution >= 0.6 is 0 Å². The summed E-state index contributed by atoms with van der Waals surface area (Å²) in [4.78, 5) is 0. The summed E-state index contributed by atoms with van der Waals surface area (Å²) in [7, 11) is -3.18. The molecule has 4 nitrogen and oxygen atoms in total. The average Bonchev–Trinajstić information content (AvgIpc) is 2.93. The molecule has 0 aromatic heterocycles. The molecule has 5 heteroatoms. The molecule has 82 valence electrons. The fourth-order valence-corrected chi connectivity index (χ4v) is 2.81. The smallest absolute Gasteiger partial charge is 0.235 e. The molecule has 0 amide bonds. The van der Waals surface area contributed by atoms with E-state index in [9.17, 15) is 8.42 Å². The van der Waals surface area contributed by atoms with Gasteiger partial charge < -0.3 is 5.73 Å². The maximum absolute atomic E-state index is 11.7. The van der Waals surface area contributed by atoms with Crippen LogP contribution in [0.25, 0.3) is 0 Å². The maximum Gasteiger partial charge on any atom is 0.235 e. The lowest BCUT2D eigenvalue weighted by molar-refractivity contribution is 0.600. The summed E-state index contributed by atoms with van der Waals surface area (Å²) in [6.07, 6.45) is 1.52. The molecule has 0 saturated heterocycles. The van der Waals surface area contributed by atoms with E-state index in [1.54, 1.807) is 18.2 Å². The van der Waals surface area contributed by atoms with Crippen molar-refractivity contribution in [1.29, 1.82) is 0 Å². The van der Waals surface area contributed by atoms with Gasteiger partial charge in [0.25, 0.3) is 0 Å². The van der Waals surface area contributed by atoms with Gasteiger partial charge >= 0.3 is 0 Å². The largest absolute Gasteiger partial charge is 0.399 e. The van der Waals surface area contributed by atoms with Crippen LogP contribution in [0.3, 0.4) is 0 Å². The Hall–Kier alpha value is -1.23. The van der Waals surface area contributed by atoms with Crippen molar-refractivity contribution in [3.63, 3.8) is 0 Å². The summed E-state index contributed by atoms with van der Waals surface area (Å²) in [6, 6.07) is 5.21. The highest BCUT2D eigenvalue weighted by Crippen LogP contribution is 2.30. The van der Waals surface area contributed by atoms with Gasteiger partial charge in [-0.1, -0.05) is 6.07 Å². The normalized spacial score (nSPS) is 16.3. The summed E-state index contributed by atoms with van der Waals surface area (Å²) in [6.45, 7) is 1.85. The van der Waals surface area contributed by atoms with Gasteiger partial charge in [-0.2, -0.15) is 0 Å². The second-order valence-electron chi connectivity index (χ2n) is 3.92. The van der Waals surface area contributed by atoms with E-state index in [1.807, 2.05) is 6.92 Å². The molecule has 1 aromatic carbocycles. The van der Waals surface area contributed by atoms with Gasteiger partial charge in [0.2, 0.25) is 10.0 Å². The highest BCUT2D eigenvalue weighted by Gasteiger charge is 2.35. The number of aryl methyl sites for hydroxylation is 1. The summed E-state index contributed by atoms with van der Waals surface area (Å²) >= 11 is 0. The van der Waals surface area contributed by atoms with E-state index in [-0.39, 0.29) is 5.25 Å². The molecular formula is C10H14N2O2S. The monoisotopic (exact) mass is 226 g/mol. The molecule has 1 fully saturated rings. The van der Waals surface area contributed by atoms with E-state index in [0.717, 1.165) is 18.4 Å². The van der Waals surface area contributed by atoms with Gasteiger partial charge in [0.15, 0.2) is 0 Å². The van der Waals surface area contributed by atoms with Crippen molar-refractivity contribution >= 4 is 21.4 Å². The van der Waals surface area contributed by atoms with Crippen molar-refractivity contribution in [2.24, 2.45) is 0 Å². The zero-order chi connectivity index (χ0) is 11.1. The summed E-state index contributed by atoms with van der Waals surface area (Å²) in [5, 5.41) is -0.210. The third kappa shape index (κ3) is 2.23. The fourth-order valence-electron chi connectivity index (χ4n) is 1.36. The van der Waals surface area contributed by atoms with Crippen molar-refractivity contribution in [3.8, 4) is 0 Å². The summed E-state index contributed by atoms with van der Waals surface area (Å²) in [5.41, 5.74) is 7.64. The number of sulfonamides is 1. The highest BCUT2D eigenvalue weighted by molar-refractivity contribution is 7.93. The lowest BCUT2D eigenvalue weighted by Gasteiger charge is -2.10. The number of hydrogen-bond acceptors (Lipinski definition) is 3. The number of nitrogens with two attached hydrogens (primary N) is 1. The average molecular weight is 226 g/mol. The van der Waals surface area contributed by atoms with Gasteiger partial charge in [0.1, 0.15) is 0 Å². The van der Waals surface area contributed by atoms with Crippen molar-refractivity contribution in [2.75, 3.05) is 10.5 Å². The Balaban J connectivity index is 2.27. The first-order valence-electron chi connectivity index (χ1n) is 4.87. The molecule has 0 radical (unpaired) electrons. The second kappa shape index (κ2) is 3.41. The van der Waals surface area contributed by atoms with E-state index in [0.29, 0.717) is 11.4 Å². The first-order valence-corrected chi connectivity index (χ1v) is 6.41. The number of nitrogens with one attached hydrogen (secondary N) is 1. The van der Waals surface area contributed by atoms with Crippen LogP contribution in [-0.2, 0) is 10.0 Å². The van der Waals surface area contributed by atoms with Gasteiger partial charge in [-0.05, 0) is 37.5 Å². The van der Waals surface area contributed by atoms with Gasteiger partial charge in [-0.15, -0.1) is 0 Å². The Bertz CT molecular complexity index is 478. The number of anilines is 2. The second-order valence-corrected chi connectivity index (χ2v) is 5.88. The van der Waals surface area contributed by atoms with Crippen LogP contribution < -0.4 is 10.5 Å². The molecule has 2 rings (SSSR count). The lowest BCUT2D eigenvalue weighted by Crippen LogP contribution is -2.18. The molecule has 3 N–H and O–H groups in total. The van der Waals surface area contributed by atoms with Gasteiger partial charge in [0.05, 0.1) is 10.9 Å². The van der Waals surface area contributed by atoms with Crippen molar-refractivity contribution in [2.45, 2.75) is 25.0 Å². The van der Waals surface area contributed by atoms with E-state index in [2.05, 4.69) is 4.72 Å². The number of nitrogen functional groups attached to an aromatic ring is 1. The molecule has 15 heavy (non-hydrogen) atoms. The SMILES string of the molecule is Cc1ccc(N)cc1NS(=O)(=O)C1CC1. The van der Waals surface area contributed by atoms with Crippen molar-refractivity contribution in [1.82, 2.24) is 0 Å². The van der Waals surface area contributed by atoms with Crippen LogP contribution in [0.1, 0.15) is 18.4 Å². The maximum atomic E-state index is 11.7. The van der Waals surface area contributed by atoms with Crippen LogP contribution in [0.5, 0.6) is 0 Å². The molecule has 1 aromatic rings. The van der Waals surface area contributed by atoms with E-state index < -0.39 is 10.0 Å². The topological polar surface area (TPSA) is 72.2 Å². The van der Waals surface area contributed by atoms with Crippen LogP contribution in [0.2, 0.25) is 0 Å². The molecule has 1 saturated carbocycles. The summed E-state index contributed by atoms with van der Waals surface area (Å²) in [5.74, 6) is 0. The Morgan fingerprint density at radius 3 is 2.67 bits per heavy atom. The van der Waals surface area contributed by atoms with Crippen LogP contribution in [0.4, 0.5) is 11.4 Å². The quantitative estimate of drug-likeness (QED) is 0.767. The predicted molar refractivity (Wildman–Crippen MR) is 61.2 cm³/mol. The standard InChI is InChI=1S/C10H14N2O2S/c1-7-2-3-8(11)6-10(7)12-15(13,14)9-4-5-9/h2-3,6,9,12H,4-5,11H2,1H3. The Kier molecular flexibility index (Phi) is 2.34. The molecule has 0 unspecified atom stereocenters. The minimum Gasteiger partial charge on any atom is -0.399 e. The number of hydrogen-bond donors (Lipinski definition) is 2. The Labute approximate surface area is 89.5 Å². The lowest BCUT2D eigenvalue weighted by atomic mass is 10.2. The Morgan fingerprint density at radius 1 is 1.40 bits per heavy atom. The molecular weight excluding hydrogens is 212 g/mol. The molecule has 0 spiro atoms. The molecule has 0 aliphatic heterocycles. The zero-order valence-corrected chi connectivity index (χ0v) is 9.34. The minimum atomic E-state index is -3.18. The third-order valence-corrected chi connectivity index (χ3v) is 4.33. The van der Waals surface area contributed by atoms with Crippen molar-refractivity contribution < 1.29 is 8.42 Å². The minimum absolute atomic E-state index is 0.210. The highest BCUT2D eigenvalue weighted by atomic mass is 32.2. The fraction of sp³-hybridized carbons (Fsp3) is 0.400. The zero-order valence-electron chi connectivity index (χ0n) is 8.53. The predicted octanol–water partition coefficient (Wildman–Crippen LogP) is 1.48. The van der Waals surface area contributed by atoms with Gasteiger partial charge in [0, 0.05) is 5.69 Å². The number of benzene rings is 1.